The van der Waals surface area contributed by atoms with Crippen LogP contribution in [0, 0.1) is 5.92 Å². The van der Waals surface area contributed by atoms with Crippen molar-refractivity contribution in [3.8, 4) is 0 Å². The minimum absolute atomic E-state index is 0.0649. The van der Waals surface area contributed by atoms with Crippen LogP contribution in [0.2, 0.25) is 0 Å². The summed E-state index contributed by atoms with van der Waals surface area (Å²) in [4.78, 5) is 0.0835. The van der Waals surface area contributed by atoms with Gasteiger partial charge in [-0.25, -0.2) is 13.1 Å². The van der Waals surface area contributed by atoms with Crippen LogP contribution in [0.5, 0.6) is 0 Å². The van der Waals surface area contributed by atoms with Gasteiger partial charge in [-0.1, -0.05) is 25.7 Å². The fraction of sp³-hybridized carbons (Fsp3) is 0.769. The number of hydrogen-bond acceptors (Lipinski definition) is 4. The van der Waals surface area contributed by atoms with Gasteiger partial charge in [-0.15, -0.1) is 0 Å². The number of nitrogens with two attached hydrogens (primary N) is 1. The lowest BCUT2D eigenvalue weighted by atomic mass is 10.0. The number of nitrogens with zero attached hydrogens (tertiary/aromatic N) is 2. The van der Waals surface area contributed by atoms with Crippen molar-refractivity contribution in [2.75, 3.05) is 12.3 Å². The predicted molar refractivity (Wildman–Crippen MR) is 78.7 cm³/mol. The molecular weight excluding hydrogens is 276 g/mol. The normalized spacial score (nSPS) is 16.9. The van der Waals surface area contributed by atoms with Gasteiger partial charge in [0.25, 0.3) is 0 Å². The first kappa shape index (κ1) is 15.3. The van der Waals surface area contributed by atoms with Crippen molar-refractivity contribution in [3.63, 3.8) is 0 Å². The standard InChI is InChI=1S/C13H24N4O2S/c1-2-17-10-12(13(14)16-17)20(18,19)15-9-5-8-11-6-3-4-7-11/h10-11,15H,2-9H2,1H3,(H2,14,16). The van der Waals surface area contributed by atoms with Gasteiger partial charge in [0, 0.05) is 19.3 Å². The van der Waals surface area contributed by atoms with Crippen molar-refractivity contribution >= 4 is 15.8 Å². The third-order valence-corrected chi connectivity index (χ3v) is 5.40. The first-order valence-corrected chi connectivity index (χ1v) is 8.84. The summed E-state index contributed by atoms with van der Waals surface area (Å²) in [5.74, 6) is 0.850. The third kappa shape index (κ3) is 3.73. The van der Waals surface area contributed by atoms with Crippen molar-refractivity contribution in [1.82, 2.24) is 14.5 Å². The molecule has 1 saturated carbocycles. The quantitative estimate of drug-likeness (QED) is 0.750. The molecule has 2 rings (SSSR count). The summed E-state index contributed by atoms with van der Waals surface area (Å²) in [6.07, 6.45) is 8.70. The van der Waals surface area contributed by atoms with Crippen LogP contribution in [-0.2, 0) is 16.6 Å². The molecule has 1 heterocycles. The topological polar surface area (TPSA) is 90.0 Å². The summed E-state index contributed by atoms with van der Waals surface area (Å²) in [5.41, 5.74) is 5.66. The molecule has 20 heavy (non-hydrogen) atoms. The monoisotopic (exact) mass is 300 g/mol. The van der Waals surface area contributed by atoms with Crippen molar-refractivity contribution in [2.24, 2.45) is 5.92 Å². The van der Waals surface area contributed by atoms with Crippen molar-refractivity contribution in [1.29, 1.82) is 0 Å². The molecule has 0 atom stereocenters. The highest BCUT2D eigenvalue weighted by molar-refractivity contribution is 7.89. The SMILES string of the molecule is CCn1cc(S(=O)(=O)NCCCC2CCCC2)c(N)n1. The summed E-state index contributed by atoms with van der Waals surface area (Å²) < 4.78 is 28.4. The Morgan fingerprint density at radius 1 is 1.45 bits per heavy atom. The van der Waals surface area contributed by atoms with Crippen molar-refractivity contribution in [2.45, 2.75) is 56.9 Å². The second-order valence-corrected chi connectivity index (χ2v) is 7.16. The van der Waals surface area contributed by atoms with E-state index in [-0.39, 0.29) is 10.7 Å². The van der Waals surface area contributed by atoms with Crippen LogP contribution < -0.4 is 10.5 Å². The lowest BCUT2D eigenvalue weighted by Gasteiger charge is -2.09. The molecule has 1 aliphatic rings. The van der Waals surface area contributed by atoms with E-state index in [0.29, 0.717) is 13.1 Å². The molecule has 0 spiro atoms. The van der Waals surface area contributed by atoms with E-state index in [4.69, 9.17) is 5.73 Å². The Balaban J connectivity index is 1.85. The fourth-order valence-electron chi connectivity index (χ4n) is 2.76. The molecule has 0 saturated heterocycles. The van der Waals surface area contributed by atoms with E-state index in [2.05, 4.69) is 9.82 Å². The van der Waals surface area contributed by atoms with Gasteiger partial charge in [-0.3, -0.25) is 4.68 Å². The minimum Gasteiger partial charge on any atom is -0.381 e. The summed E-state index contributed by atoms with van der Waals surface area (Å²) >= 11 is 0. The number of aryl methyl sites for hydroxylation is 1. The van der Waals surface area contributed by atoms with Gasteiger partial charge in [0.2, 0.25) is 10.0 Å². The number of nitrogens with one attached hydrogen (secondary N) is 1. The number of aromatic nitrogens is 2. The lowest BCUT2D eigenvalue weighted by molar-refractivity contribution is 0.480. The highest BCUT2D eigenvalue weighted by Gasteiger charge is 2.21. The van der Waals surface area contributed by atoms with E-state index >= 15 is 0 Å². The van der Waals surface area contributed by atoms with Crippen molar-refractivity contribution < 1.29 is 8.42 Å². The molecule has 114 valence electrons. The van der Waals surface area contributed by atoms with Gasteiger partial charge in [-0.05, 0) is 25.7 Å². The van der Waals surface area contributed by atoms with Gasteiger partial charge < -0.3 is 5.73 Å². The average molecular weight is 300 g/mol. The average Bonchev–Trinajstić information content (AvgIpc) is 3.04. The Labute approximate surface area is 120 Å². The number of anilines is 1. The van der Waals surface area contributed by atoms with Crippen LogP contribution in [-0.4, -0.2) is 24.7 Å². The number of hydrogen-bond donors (Lipinski definition) is 2. The Bertz CT molecular complexity index is 533. The lowest BCUT2D eigenvalue weighted by Crippen LogP contribution is -2.25. The maximum Gasteiger partial charge on any atom is 0.245 e. The summed E-state index contributed by atoms with van der Waals surface area (Å²) in [5, 5.41) is 3.96. The van der Waals surface area contributed by atoms with Crippen molar-refractivity contribution in [3.05, 3.63) is 6.20 Å². The second kappa shape index (κ2) is 6.58. The highest BCUT2D eigenvalue weighted by Crippen LogP contribution is 2.28. The molecule has 0 bridgehead atoms. The fourth-order valence-corrected chi connectivity index (χ4v) is 3.91. The molecule has 1 aliphatic carbocycles. The molecule has 1 aromatic rings. The van der Waals surface area contributed by atoms with E-state index in [1.807, 2.05) is 6.92 Å². The number of rotatable bonds is 7. The number of nitrogen functional groups attached to an aromatic ring is 1. The molecule has 0 aliphatic heterocycles. The summed E-state index contributed by atoms with van der Waals surface area (Å²) in [6, 6.07) is 0. The van der Waals surface area contributed by atoms with E-state index in [0.717, 1.165) is 18.8 Å². The zero-order valence-electron chi connectivity index (χ0n) is 12.0. The van der Waals surface area contributed by atoms with Crippen LogP contribution in [0.4, 0.5) is 5.82 Å². The third-order valence-electron chi connectivity index (χ3n) is 3.92. The summed E-state index contributed by atoms with van der Waals surface area (Å²) in [7, 11) is -3.53. The molecule has 0 amide bonds. The van der Waals surface area contributed by atoms with Crippen LogP contribution in [0.3, 0.4) is 0 Å². The molecule has 0 aromatic carbocycles. The molecule has 6 nitrogen and oxygen atoms in total. The Hall–Kier alpha value is -1.08. The van der Waals surface area contributed by atoms with Crippen LogP contribution in [0.15, 0.2) is 11.1 Å². The molecule has 1 aromatic heterocycles. The maximum absolute atomic E-state index is 12.1. The van der Waals surface area contributed by atoms with Gasteiger partial charge >= 0.3 is 0 Å². The maximum atomic E-state index is 12.1. The van der Waals surface area contributed by atoms with Gasteiger partial charge in [0.15, 0.2) is 5.82 Å². The Kier molecular flexibility index (Phi) is 5.04. The van der Waals surface area contributed by atoms with Crippen LogP contribution in [0.1, 0.15) is 45.4 Å². The first-order chi connectivity index (χ1) is 9.53. The van der Waals surface area contributed by atoms with Gasteiger partial charge in [0.1, 0.15) is 4.90 Å². The Morgan fingerprint density at radius 2 is 2.15 bits per heavy atom. The zero-order valence-corrected chi connectivity index (χ0v) is 12.8. The Morgan fingerprint density at radius 3 is 2.75 bits per heavy atom. The highest BCUT2D eigenvalue weighted by atomic mass is 32.2. The molecule has 0 radical (unpaired) electrons. The molecular formula is C13H24N4O2S. The second-order valence-electron chi connectivity index (χ2n) is 5.42. The molecule has 3 N–H and O–H groups in total. The first-order valence-electron chi connectivity index (χ1n) is 7.35. The van der Waals surface area contributed by atoms with E-state index in [1.54, 1.807) is 0 Å². The molecule has 1 fully saturated rings. The van der Waals surface area contributed by atoms with E-state index < -0.39 is 10.0 Å². The molecule has 0 unspecified atom stereocenters. The van der Waals surface area contributed by atoms with Crippen LogP contribution in [0.25, 0.3) is 0 Å². The molecule has 7 heteroatoms. The predicted octanol–water partition coefficient (Wildman–Crippen LogP) is 1.73. The summed E-state index contributed by atoms with van der Waals surface area (Å²) in [6.45, 7) is 2.95. The van der Waals surface area contributed by atoms with Crippen LogP contribution >= 0.6 is 0 Å². The van der Waals surface area contributed by atoms with Gasteiger partial charge in [0.05, 0.1) is 0 Å². The van der Waals surface area contributed by atoms with E-state index in [1.165, 1.54) is 36.6 Å². The van der Waals surface area contributed by atoms with E-state index in [9.17, 15) is 8.42 Å². The zero-order chi connectivity index (χ0) is 14.6. The number of sulfonamides is 1. The largest absolute Gasteiger partial charge is 0.381 e. The smallest absolute Gasteiger partial charge is 0.245 e. The van der Waals surface area contributed by atoms with Gasteiger partial charge in [-0.2, -0.15) is 5.10 Å². The minimum atomic E-state index is -3.53.